The Balaban J connectivity index is 2.15. The number of aliphatic hydroxyl groups excluding tert-OH is 1. The Labute approximate surface area is 90.9 Å². The molecule has 4 heteroatoms. The molecule has 1 rings (SSSR count). The van der Waals surface area contributed by atoms with Gasteiger partial charge in [-0.2, -0.15) is 0 Å². The van der Waals surface area contributed by atoms with Gasteiger partial charge in [-0.15, -0.1) is 0 Å². The molecule has 86 valence electrons. The predicted molar refractivity (Wildman–Crippen MR) is 58.5 cm³/mol. The van der Waals surface area contributed by atoms with E-state index in [4.69, 9.17) is 9.63 Å². The summed E-state index contributed by atoms with van der Waals surface area (Å²) < 4.78 is 5.00. The molecule has 0 unspecified atom stereocenters. The summed E-state index contributed by atoms with van der Waals surface area (Å²) in [7, 11) is 2.07. The van der Waals surface area contributed by atoms with E-state index in [9.17, 15) is 0 Å². The third-order valence-electron chi connectivity index (χ3n) is 2.31. The van der Waals surface area contributed by atoms with Crippen molar-refractivity contribution in [3.63, 3.8) is 0 Å². The number of nitrogens with zero attached hydrogens (tertiary/aromatic N) is 2. The summed E-state index contributed by atoms with van der Waals surface area (Å²) in [6.07, 6.45) is 3.10. The third-order valence-corrected chi connectivity index (χ3v) is 2.31. The Morgan fingerprint density at radius 3 is 2.80 bits per heavy atom. The summed E-state index contributed by atoms with van der Waals surface area (Å²) in [6, 6.07) is 1.96. The second kappa shape index (κ2) is 6.58. The van der Waals surface area contributed by atoms with Crippen LogP contribution in [0.1, 0.15) is 30.7 Å². The highest BCUT2D eigenvalue weighted by atomic mass is 16.5. The van der Waals surface area contributed by atoms with E-state index in [-0.39, 0.29) is 0 Å². The van der Waals surface area contributed by atoms with Crippen LogP contribution >= 0.6 is 0 Å². The number of rotatable bonds is 7. The molecule has 0 radical (unpaired) electrons. The summed E-state index contributed by atoms with van der Waals surface area (Å²) in [5.74, 6) is 0.860. The van der Waals surface area contributed by atoms with Crippen molar-refractivity contribution < 1.29 is 9.63 Å². The van der Waals surface area contributed by atoms with Crippen molar-refractivity contribution in [2.45, 2.75) is 32.7 Å². The van der Waals surface area contributed by atoms with Gasteiger partial charge in [0, 0.05) is 19.2 Å². The zero-order valence-corrected chi connectivity index (χ0v) is 9.57. The zero-order chi connectivity index (χ0) is 11.1. The predicted octanol–water partition coefficient (Wildman–Crippen LogP) is 1.58. The van der Waals surface area contributed by atoms with E-state index >= 15 is 0 Å². The van der Waals surface area contributed by atoms with Gasteiger partial charge in [-0.25, -0.2) is 0 Å². The maximum Gasteiger partial charge on any atom is 0.133 e. The second-order valence-corrected chi connectivity index (χ2v) is 3.95. The molecular weight excluding hydrogens is 192 g/mol. The Morgan fingerprint density at radius 2 is 2.20 bits per heavy atom. The van der Waals surface area contributed by atoms with E-state index in [1.165, 1.54) is 0 Å². The van der Waals surface area contributed by atoms with Crippen LogP contribution in [0.2, 0.25) is 0 Å². The lowest BCUT2D eigenvalue weighted by Gasteiger charge is -2.14. The molecule has 0 saturated carbocycles. The van der Waals surface area contributed by atoms with Crippen LogP contribution in [0.4, 0.5) is 0 Å². The van der Waals surface area contributed by atoms with Gasteiger partial charge in [0.25, 0.3) is 0 Å². The molecule has 0 bridgehead atoms. The Morgan fingerprint density at radius 1 is 1.40 bits per heavy atom. The van der Waals surface area contributed by atoms with Crippen molar-refractivity contribution in [2.24, 2.45) is 0 Å². The van der Waals surface area contributed by atoms with Crippen molar-refractivity contribution in [1.29, 1.82) is 0 Å². The van der Waals surface area contributed by atoms with E-state index in [1.54, 1.807) is 0 Å². The van der Waals surface area contributed by atoms with Gasteiger partial charge in [0.2, 0.25) is 0 Å². The normalized spacial score (nSPS) is 11.2. The first-order valence-electron chi connectivity index (χ1n) is 5.44. The molecule has 0 spiro atoms. The van der Waals surface area contributed by atoms with Gasteiger partial charge in [-0.05, 0) is 39.8 Å². The molecule has 4 nitrogen and oxygen atoms in total. The smallest absolute Gasteiger partial charge is 0.133 e. The number of hydrogen-bond donors (Lipinski definition) is 1. The average Bonchev–Trinajstić information content (AvgIpc) is 2.59. The monoisotopic (exact) mass is 212 g/mol. The maximum atomic E-state index is 8.63. The van der Waals surface area contributed by atoms with Crippen molar-refractivity contribution in [3.05, 3.63) is 17.5 Å². The van der Waals surface area contributed by atoms with Crippen LogP contribution < -0.4 is 0 Å². The third kappa shape index (κ3) is 4.95. The van der Waals surface area contributed by atoms with Crippen molar-refractivity contribution >= 4 is 0 Å². The van der Waals surface area contributed by atoms with E-state index in [0.29, 0.717) is 6.61 Å². The Kier molecular flexibility index (Phi) is 5.36. The van der Waals surface area contributed by atoms with Crippen LogP contribution in [0.15, 0.2) is 10.6 Å². The minimum absolute atomic E-state index is 0.298. The van der Waals surface area contributed by atoms with E-state index in [0.717, 1.165) is 43.8 Å². The van der Waals surface area contributed by atoms with Gasteiger partial charge >= 0.3 is 0 Å². The molecule has 1 aromatic heterocycles. The largest absolute Gasteiger partial charge is 0.396 e. The Hall–Kier alpha value is -0.870. The molecular formula is C11H20N2O2. The van der Waals surface area contributed by atoms with Crippen molar-refractivity contribution in [2.75, 3.05) is 20.2 Å². The summed E-state index contributed by atoms with van der Waals surface area (Å²) in [4.78, 5) is 2.22. The average molecular weight is 212 g/mol. The number of aliphatic hydroxyl groups is 1. The minimum Gasteiger partial charge on any atom is -0.396 e. The lowest BCUT2D eigenvalue weighted by molar-refractivity contribution is 0.268. The van der Waals surface area contributed by atoms with E-state index < -0.39 is 0 Å². The van der Waals surface area contributed by atoms with Crippen LogP contribution in [0.5, 0.6) is 0 Å². The first-order valence-corrected chi connectivity index (χ1v) is 5.44. The molecule has 0 aliphatic rings. The first kappa shape index (κ1) is 12.2. The lowest BCUT2D eigenvalue weighted by atomic mass is 10.2. The topological polar surface area (TPSA) is 49.5 Å². The van der Waals surface area contributed by atoms with Crippen molar-refractivity contribution in [3.8, 4) is 0 Å². The number of aryl methyl sites for hydroxylation is 1. The van der Waals surface area contributed by atoms with Crippen LogP contribution in [0.25, 0.3) is 0 Å². The summed E-state index contributed by atoms with van der Waals surface area (Å²) in [6.45, 7) is 4.06. The number of unbranched alkanes of at least 4 members (excludes halogenated alkanes) is 2. The standard InChI is InChI=1S/C11H20N2O2/c1-10-8-11(12-15-10)9-13(2)6-4-3-5-7-14/h8,14H,3-7,9H2,1-2H3. The molecule has 1 N–H and O–H groups in total. The highest BCUT2D eigenvalue weighted by Crippen LogP contribution is 2.05. The van der Waals surface area contributed by atoms with E-state index in [1.807, 2.05) is 13.0 Å². The minimum atomic E-state index is 0.298. The summed E-state index contributed by atoms with van der Waals surface area (Å²) >= 11 is 0. The highest BCUT2D eigenvalue weighted by molar-refractivity contribution is 5.02. The molecule has 0 aliphatic heterocycles. The number of aromatic nitrogens is 1. The second-order valence-electron chi connectivity index (χ2n) is 3.95. The fourth-order valence-corrected chi connectivity index (χ4v) is 1.52. The molecule has 1 heterocycles. The van der Waals surface area contributed by atoms with Crippen LogP contribution in [0, 0.1) is 6.92 Å². The number of hydrogen-bond acceptors (Lipinski definition) is 4. The van der Waals surface area contributed by atoms with Gasteiger partial charge in [0.15, 0.2) is 0 Å². The highest BCUT2D eigenvalue weighted by Gasteiger charge is 2.04. The molecule has 1 aromatic rings. The zero-order valence-electron chi connectivity index (χ0n) is 9.57. The van der Waals surface area contributed by atoms with E-state index in [2.05, 4.69) is 17.1 Å². The fraction of sp³-hybridized carbons (Fsp3) is 0.727. The van der Waals surface area contributed by atoms with Crippen LogP contribution in [-0.2, 0) is 6.54 Å². The molecule has 0 aliphatic carbocycles. The maximum absolute atomic E-state index is 8.63. The van der Waals surface area contributed by atoms with Gasteiger partial charge in [0.1, 0.15) is 5.76 Å². The van der Waals surface area contributed by atoms with Gasteiger partial charge < -0.3 is 14.5 Å². The molecule has 15 heavy (non-hydrogen) atoms. The molecule has 0 fully saturated rings. The Bertz CT molecular complexity index is 273. The van der Waals surface area contributed by atoms with Gasteiger partial charge in [-0.1, -0.05) is 5.16 Å². The van der Waals surface area contributed by atoms with Crippen LogP contribution in [0.3, 0.4) is 0 Å². The van der Waals surface area contributed by atoms with Crippen LogP contribution in [-0.4, -0.2) is 35.4 Å². The quantitative estimate of drug-likeness (QED) is 0.697. The first-order chi connectivity index (χ1) is 7.22. The molecule has 0 atom stereocenters. The van der Waals surface area contributed by atoms with Crippen molar-refractivity contribution in [1.82, 2.24) is 10.1 Å². The summed E-state index contributed by atoms with van der Waals surface area (Å²) in [5, 5.41) is 12.6. The summed E-state index contributed by atoms with van der Waals surface area (Å²) in [5.41, 5.74) is 0.983. The van der Waals surface area contributed by atoms with Gasteiger partial charge in [-0.3, -0.25) is 0 Å². The fourth-order valence-electron chi connectivity index (χ4n) is 1.52. The SMILES string of the molecule is Cc1cc(CN(C)CCCCCO)no1. The van der Waals surface area contributed by atoms with Gasteiger partial charge in [0.05, 0.1) is 5.69 Å². The lowest BCUT2D eigenvalue weighted by Crippen LogP contribution is -2.19. The molecule has 0 amide bonds. The molecule has 0 saturated heterocycles. The molecule has 0 aromatic carbocycles.